The van der Waals surface area contributed by atoms with Gasteiger partial charge in [0.1, 0.15) is 6.54 Å². The largest absolute Gasteiger partial charge is 0.321 e. The quantitative estimate of drug-likeness (QED) is 0.760. The van der Waals surface area contributed by atoms with Crippen LogP contribution in [-0.2, 0) is 17.8 Å². The summed E-state index contributed by atoms with van der Waals surface area (Å²) >= 11 is 0. The van der Waals surface area contributed by atoms with E-state index in [1.807, 2.05) is 41.8 Å². The third kappa shape index (κ3) is 2.40. The van der Waals surface area contributed by atoms with Gasteiger partial charge in [-0.05, 0) is 18.6 Å². The van der Waals surface area contributed by atoms with Gasteiger partial charge in [0.25, 0.3) is 0 Å². The highest BCUT2D eigenvalue weighted by Crippen LogP contribution is 2.12. The molecule has 0 saturated heterocycles. The van der Waals surface area contributed by atoms with Crippen molar-refractivity contribution in [2.45, 2.75) is 19.9 Å². The summed E-state index contributed by atoms with van der Waals surface area (Å²) < 4.78 is 1.82. The lowest BCUT2D eigenvalue weighted by atomic mass is 10.3. The lowest BCUT2D eigenvalue weighted by molar-refractivity contribution is -0.116. The molecule has 6 heteroatoms. The van der Waals surface area contributed by atoms with Crippen LogP contribution in [0.4, 0.5) is 5.82 Å². The molecule has 2 heterocycles. The van der Waals surface area contributed by atoms with Gasteiger partial charge in [-0.2, -0.15) is 5.10 Å². The van der Waals surface area contributed by atoms with Crippen LogP contribution in [0.3, 0.4) is 0 Å². The smallest absolute Gasteiger partial charge is 0.245 e. The minimum atomic E-state index is -0.123. The molecule has 1 aromatic carbocycles. The fraction of sp³-hybridized carbons (Fsp3) is 0.214. The van der Waals surface area contributed by atoms with Crippen molar-refractivity contribution in [2.24, 2.45) is 0 Å². The maximum absolute atomic E-state index is 12.0. The zero-order valence-electron chi connectivity index (χ0n) is 11.1. The van der Waals surface area contributed by atoms with E-state index in [1.165, 1.54) is 0 Å². The zero-order valence-corrected chi connectivity index (χ0v) is 11.1. The number of hydrogen-bond acceptors (Lipinski definition) is 3. The summed E-state index contributed by atoms with van der Waals surface area (Å²) in [5.41, 5.74) is 2.82. The number of hydrogen-bond donors (Lipinski definition) is 2. The number of aryl methyl sites for hydroxylation is 1. The van der Waals surface area contributed by atoms with Crippen LogP contribution in [0, 0.1) is 0 Å². The van der Waals surface area contributed by atoms with Crippen molar-refractivity contribution < 1.29 is 4.79 Å². The average Bonchev–Trinajstić information content (AvgIpc) is 3.06. The molecule has 20 heavy (non-hydrogen) atoms. The fourth-order valence-electron chi connectivity index (χ4n) is 2.08. The molecule has 2 N–H and O–H groups in total. The number of nitrogens with zero attached hydrogens (tertiary/aromatic N) is 3. The van der Waals surface area contributed by atoms with E-state index >= 15 is 0 Å². The van der Waals surface area contributed by atoms with Gasteiger partial charge in [-0.1, -0.05) is 19.1 Å². The molecule has 0 atom stereocenters. The maximum atomic E-state index is 12.0. The molecule has 0 aliphatic heterocycles. The van der Waals surface area contributed by atoms with E-state index in [0.29, 0.717) is 5.82 Å². The standard InChI is InChI=1S/C14H15N5O/c1-2-10-7-13(18-17-10)16-14(20)8-19-9-15-11-5-3-4-6-12(11)19/h3-7,9H,2,8H2,1H3,(H2,16,17,18,20). The number of benzene rings is 1. The molecule has 0 aliphatic carbocycles. The van der Waals surface area contributed by atoms with Crippen molar-refractivity contribution in [2.75, 3.05) is 5.32 Å². The first kappa shape index (κ1) is 12.4. The summed E-state index contributed by atoms with van der Waals surface area (Å²) in [5, 5.41) is 9.67. The fourth-order valence-corrected chi connectivity index (χ4v) is 2.08. The van der Waals surface area contributed by atoms with Crippen LogP contribution in [0.1, 0.15) is 12.6 Å². The number of amides is 1. The number of carbonyl (C=O) groups is 1. The molecule has 3 aromatic rings. The molecule has 0 unspecified atom stereocenters. The molecule has 102 valence electrons. The van der Waals surface area contributed by atoms with Crippen LogP contribution in [0.25, 0.3) is 11.0 Å². The number of nitrogens with one attached hydrogen (secondary N) is 2. The predicted molar refractivity (Wildman–Crippen MR) is 76.3 cm³/mol. The molecule has 6 nitrogen and oxygen atoms in total. The average molecular weight is 269 g/mol. The number of fused-ring (bicyclic) bond motifs is 1. The molecule has 2 aromatic heterocycles. The second-order valence-corrected chi connectivity index (χ2v) is 4.54. The summed E-state index contributed by atoms with van der Waals surface area (Å²) in [6.07, 6.45) is 2.53. The number of anilines is 1. The SMILES string of the molecule is CCc1cc(NC(=O)Cn2cnc3ccccc32)n[nH]1. The molecule has 3 rings (SSSR count). The Hall–Kier alpha value is -2.63. The van der Waals surface area contributed by atoms with Crippen LogP contribution in [0.15, 0.2) is 36.7 Å². The Kier molecular flexibility index (Phi) is 3.20. The molecule has 1 amide bonds. The molecule has 0 saturated carbocycles. The van der Waals surface area contributed by atoms with Crippen molar-refractivity contribution in [3.63, 3.8) is 0 Å². The molecule has 0 fully saturated rings. The van der Waals surface area contributed by atoms with Crippen molar-refractivity contribution in [3.8, 4) is 0 Å². The molecule has 0 spiro atoms. The first-order chi connectivity index (χ1) is 9.76. The highest BCUT2D eigenvalue weighted by Gasteiger charge is 2.08. The van der Waals surface area contributed by atoms with Gasteiger partial charge in [-0.25, -0.2) is 4.98 Å². The summed E-state index contributed by atoms with van der Waals surface area (Å²) in [5.74, 6) is 0.429. The van der Waals surface area contributed by atoms with Gasteiger partial charge < -0.3 is 9.88 Å². The zero-order chi connectivity index (χ0) is 13.9. The Morgan fingerprint density at radius 2 is 2.25 bits per heavy atom. The Morgan fingerprint density at radius 1 is 1.40 bits per heavy atom. The van der Waals surface area contributed by atoms with Crippen molar-refractivity contribution >= 4 is 22.8 Å². The topological polar surface area (TPSA) is 75.6 Å². The number of imidazole rings is 1. The minimum absolute atomic E-state index is 0.123. The lowest BCUT2D eigenvalue weighted by Gasteiger charge is -2.04. The minimum Gasteiger partial charge on any atom is -0.321 e. The summed E-state index contributed by atoms with van der Waals surface area (Å²) in [4.78, 5) is 16.3. The number of aromatic nitrogens is 4. The highest BCUT2D eigenvalue weighted by atomic mass is 16.2. The molecular weight excluding hydrogens is 254 g/mol. The van der Waals surface area contributed by atoms with E-state index in [0.717, 1.165) is 23.1 Å². The maximum Gasteiger partial charge on any atom is 0.245 e. The van der Waals surface area contributed by atoms with E-state index in [4.69, 9.17) is 0 Å². The molecule has 0 bridgehead atoms. The van der Waals surface area contributed by atoms with E-state index in [-0.39, 0.29) is 12.5 Å². The lowest BCUT2D eigenvalue weighted by Crippen LogP contribution is -2.18. The molecule has 0 radical (unpaired) electrons. The second-order valence-electron chi connectivity index (χ2n) is 4.54. The van der Waals surface area contributed by atoms with E-state index in [2.05, 4.69) is 20.5 Å². The molecule has 0 aliphatic rings. The number of carbonyl (C=O) groups excluding carboxylic acids is 1. The van der Waals surface area contributed by atoms with E-state index in [9.17, 15) is 4.79 Å². The Morgan fingerprint density at radius 3 is 3.05 bits per heavy atom. The summed E-state index contributed by atoms with van der Waals surface area (Å²) in [7, 11) is 0. The monoisotopic (exact) mass is 269 g/mol. The predicted octanol–water partition coefficient (Wildman–Crippen LogP) is 1.96. The van der Waals surface area contributed by atoms with Gasteiger partial charge in [0, 0.05) is 11.8 Å². The third-order valence-corrected chi connectivity index (χ3v) is 3.12. The van der Waals surface area contributed by atoms with Gasteiger partial charge >= 0.3 is 0 Å². The van der Waals surface area contributed by atoms with Gasteiger partial charge in [-0.3, -0.25) is 9.89 Å². The van der Waals surface area contributed by atoms with Gasteiger partial charge in [0.05, 0.1) is 17.4 Å². The number of H-pyrrole nitrogens is 1. The second kappa shape index (κ2) is 5.16. The van der Waals surface area contributed by atoms with Gasteiger partial charge in [0.15, 0.2) is 5.82 Å². The van der Waals surface area contributed by atoms with Gasteiger partial charge in [-0.15, -0.1) is 0 Å². The van der Waals surface area contributed by atoms with E-state index in [1.54, 1.807) is 6.33 Å². The Labute approximate surface area is 115 Å². The molecular formula is C14H15N5O. The summed E-state index contributed by atoms with van der Waals surface area (Å²) in [6.45, 7) is 2.24. The van der Waals surface area contributed by atoms with Crippen LogP contribution in [0.5, 0.6) is 0 Å². The normalized spacial score (nSPS) is 10.8. The van der Waals surface area contributed by atoms with Crippen LogP contribution < -0.4 is 5.32 Å². The first-order valence-corrected chi connectivity index (χ1v) is 6.50. The summed E-state index contributed by atoms with van der Waals surface area (Å²) in [6, 6.07) is 9.56. The van der Waals surface area contributed by atoms with Crippen LogP contribution in [-0.4, -0.2) is 25.7 Å². The van der Waals surface area contributed by atoms with Crippen molar-refractivity contribution in [1.29, 1.82) is 0 Å². The first-order valence-electron chi connectivity index (χ1n) is 6.50. The third-order valence-electron chi connectivity index (χ3n) is 3.12. The number of para-hydroxylation sites is 2. The Balaban J connectivity index is 1.72. The van der Waals surface area contributed by atoms with E-state index < -0.39 is 0 Å². The highest BCUT2D eigenvalue weighted by molar-refractivity contribution is 5.90. The van der Waals surface area contributed by atoms with Crippen LogP contribution in [0.2, 0.25) is 0 Å². The number of rotatable bonds is 4. The van der Waals surface area contributed by atoms with Crippen molar-refractivity contribution in [3.05, 3.63) is 42.4 Å². The van der Waals surface area contributed by atoms with Crippen LogP contribution >= 0.6 is 0 Å². The Bertz CT molecular complexity index is 743. The number of aromatic amines is 1. The van der Waals surface area contributed by atoms with Gasteiger partial charge in [0.2, 0.25) is 5.91 Å². The van der Waals surface area contributed by atoms with Crippen molar-refractivity contribution in [1.82, 2.24) is 19.7 Å².